The van der Waals surface area contributed by atoms with Crippen LogP contribution < -0.4 is 0 Å². The molecule has 1 aliphatic rings. The molecule has 1 aliphatic heterocycles. The normalized spacial score (nSPS) is 22.4. The second-order valence-electron chi connectivity index (χ2n) is 3.48. The topological polar surface area (TPSA) is 48.2 Å². The zero-order valence-electron chi connectivity index (χ0n) is 7.82. The molecule has 0 bridgehead atoms. The van der Waals surface area contributed by atoms with E-state index in [-0.39, 0.29) is 0 Å². The van der Waals surface area contributed by atoms with E-state index in [1.165, 1.54) is 6.42 Å². The van der Waals surface area contributed by atoms with Crippen LogP contribution in [0.2, 0.25) is 0 Å². The Kier molecular flexibility index (Phi) is 2.59. The summed E-state index contributed by atoms with van der Waals surface area (Å²) < 4.78 is 10.6. The van der Waals surface area contributed by atoms with E-state index in [0.717, 1.165) is 31.9 Å². The number of aryl methyl sites for hydroxylation is 2. The van der Waals surface area contributed by atoms with Gasteiger partial charge in [0.15, 0.2) is 0 Å². The van der Waals surface area contributed by atoms with Crippen LogP contribution in [0, 0.1) is 12.8 Å². The molecule has 1 saturated heterocycles. The van der Waals surface area contributed by atoms with Gasteiger partial charge in [-0.3, -0.25) is 0 Å². The van der Waals surface area contributed by atoms with Crippen LogP contribution in [0.5, 0.6) is 0 Å². The highest BCUT2D eigenvalue weighted by molar-refractivity contribution is 4.80. The predicted octanol–water partition coefficient (Wildman–Crippen LogP) is 1.35. The van der Waals surface area contributed by atoms with E-state index in [0.29, 0.717) is 11.8 Å². The van der Waals surface area contributed by atoms with Crippen LogP contribution in [0.4, 0.5) is 0 Å². The average Bonchev–Trinajstić information content (AvgIpc) is 2.71. The van der Waals surface area contributed by atoms with Crippen LogP contribution >= 0.6 is 0 Å². The molecule has 0 spiro atoms. The molecule has 0 aromatic carbocycles. The molecule has 72 valence electrons. The zero-order chi connectivity index (χ0) is 9.10. The maximum atomic E-state index is 5.28. The lowest BCUT2D eigenvalue weighted by atomic mass is 10.0. The predicted molar refractivity (Wildman–Crippen MR) is 46.3 cm³/mol. The van der Waals surface area contributed by atoms with Gasteiger partial charge in [-0.2, -0.15) is 0 Å². The molecule has 1 fully saturated rings. The van der Waals surface area contributed by atoms with Crippen molar-refractivity contribution in [1.82, 2.24) is 10.2 Å². The number of rotatable bonds is 3. The Bertz CT molecular complexity index is 266. The zero-order valence-corrected chi connectivity index (χ0v) is 7.82. The number of hydrogen-bond acceptors (Lipinski definition) is 4. The first-order valence-electron chi connectivity index (χ1n) is 4.71. The van der Waals surface area contributed by atoms with Crippen LogP contribution in [0.3, 0.4) is 0 Å². The Morgan fingerprint density at radius 3 is 3.00 bits per heavy atom. The number of aromatic nitrogens is 2. The quantitative estimate of drug-likeness (QED) is 0.708. The van der Waals surface area contributed by atoms with Gasteiger partial charge in [-0.15, -0.1) is 10.2 Å². The molecule has 0 saturated carbocycles. The van der Waals surface area contributed by atoms with Crippen LogP contribution in [-0.2, 0) is 11.2 Å². The summed E-state index contributed by atoms with van der Waals surface area (Å²) in [5.74, 6) is 2.09. The van der Waals surface area contributed by atoms with Crippen molar-refractivity contribution >= 4 is 0 Å². The van der Waals surface area contributed by atoms with E-state index in [2.05, 4.69) is 10.2 Å². The molecule has 13 heavy (non-hydrogen) atoms. The second kappa shape index (κ2) is 3.87. The van der Waals surface area contributed by atoms with Crippen molar-refractivity contribution in [3.8, 4) is 0 Å². The molecule has 4 nitrogen and oxygen atoms in total. The van der Waals surface area contributed by atoms with Crippen molar-refractivity contribution in [2.24, 2.45) is 5.92 Å². The summed E-state index contributed by atoms with van der Waals surface area (Å²) in [4.78, 5) is 0. The number of nitrogens with zero attached hydrogens (tertiary/aromatic N) is 2. The van der Waals surface area contributed by atoms with Crippen LogP contribution in [0.15, 0.2) is 4.42 Å². The summed E-state index contributed by atoms with van der Waals surface area (Å²) in [7, 11) is 0. The SMILES string of the molecule is Cc1nnc(CCC2CCOC2)o1. The van der Waals surface area contributed by atoms with Gasteiger partial charge in [0.05, 0.1) is 0 Å². The maximum absolute atomic E-state index is 5.28. The van der Waals surface area contributed by atoms with E-state index in [9.17, 15) is 0 Å². The van der Waals surface area contributed by atoms with Gasteiger partial charge in [-0.05, 0) is 18.8 Å². The third kappa shape index (κ3) is 2.28. The lowest BCUT2D eigenvalue weighted by Crippen LogP contribution is -2.01. The number of ether oxygens (including phenoxy) is 1. The molecule has 2 heterocycles. The van der Waals surface area contributed by atoms with E-state index in [1.807, 2.05) is 6.92 Å². The summed E-state index contributed by atoms with van der Waals surface area (Å²) >= 11 is 0. The first kappa shape index (κ1) is 8.69. The lowest BCUT2D eigenvalue weighted by Gasteiger charge is -2.02. The Labute approximate surface area is 77.3 Å². The van der Waals surface area contributed by atoms with Crippen LogP contribution in [0.25, 0.3) is 0 Å². The molecule has 0 N–H and O–H groups in total. The molecule has 0 aliphatic carbocycles. The highest BCUT2D eigenvalue weighted by Crippen LogP contribution is 2.18. The summed E-state index contributed by atoms with van der Waals surface area (Å²) in [6.07, 6.45) is 3.16. The summed E-state index contributed by atoms with van der Waals surface area (Å²) in [5, 5.41) is 7.73. The molecule has 1 unspecified atom stereocenters. The smallest absolute Gasteiger partial charge is 0.216 e. The molecule has 1 aromatic heterocycles. The minimum absolute atomic E-state index is 0.651. The van der Waals surface area contributed by atoms with Crippen molar-refractivity contribution in [3.63, 3.8) is 0 Å². The Hall–Kier alpha value is -0.900. The Morgan fingerprint density at radius 1 is 1.46 bits per heavy atom. The van der Waals surface area contributed by atoms with Crippen LogP contribution in [-0.4, -0.2) is 23.4 Å². The largest absolute Gasteiger partial charge is 0.426 e. The van der Waals surface area contributed by atoms with Gasteiger partial charge in [0, 0.05) is 26.6 Å². The minimum Gasteiger partial charge on any atom is -0.426 e. The average molecular weight is 182 g/mol. The van der Waals surface area contributed by atoms with Gasteiger partial charge < -0.3 is 9.15 Å². The van der Waals surface area contributed by atoms with Gasteiger partial charge in [0.2, 0.25) is 11.8 Å². The second-order valence-corrected chi connectivity index (χ2v) is 3.48. The van der Waals surface area contributed by atoms with Crippen LogP contribution in [0.1, 0.15) is 24.6 Å². The van der Waals surface area contributed by atoms with Crippen molar-refractivity contribution in [1.29, 1.82) is 0 Å². The molecular formula is C9H14N2O2. The Balaban J connectivity index is 1.78. The standard InChI is InChI=1S/C9H14N2O2/c1-7-10-11-9(13-7)3-2-8-4-5-12-6-8/h8H,2-6H2,1H3. The fraction of sp³-hybridized carbons (Fsp3) is 0.778. The van der Waals surface area contributed by atoms with Gasteiger partial charge in [-0.1, -0.05) is 0 Å². The molecule has 2 rings (SSSR count). The first-order valence-corrected chi connectivity index (χ1v) is 4.71. The van der Waals surface area contributed by atoms with E-state index < -0.39 is 0 Å². The van der Waals surface area contributed by atoms with Gasteiger partial charge in [0.1, 0.15) is 0 Å². The summed E-state index contributed by atoms with van der Waals surface area (Å²) in [6.45, 7) is 3.62. The van der Waals surface area contributed by atoms with Gasteiger partial charge in [0.25, 0.3) is 0 Å². The lowest BCUT2D eigenvalue weighted by molar-refractivity contribution is 0.184. The maximum Gasteiger partial charge on any atom is 0.216 e. The molecule has 1 atom stereocenters. The minimum atomic E-state index is 0.651. The van der Waals surface area contributed by atoms with Crippen molar-refractivity contribution in [2.75, 3.05) is 13.2 Å². The van der Waals surface area contributed by atoms with Crippen molar-refractivity contribution in [3.05, 3.63) is 11.8 Å². The summed E-state index contributed by atoms with van der Waals surface area (Å²) in [6, 6.07) is 0. The first-order chi connectivity index (χ1) is 6.34. The van der Waals surface area contributed by atoms with Crippen molar-refractivity contribution in [2.45, 2.75) is 26.2 Å². The molecule has 4 heteroatoms. The monoisotopic (exact) mass is 182 g/mol. The molecule has 1 aromatic rings. The van der Waals surface area contributed by atoms with Gasteiger partial charge in [-0.25, -0.2) is 0 Å². The Morgan fingerprint density at radius 2 is 2.38 bits per heavy atom. The third-order valence-corrected chi connectivity index (χ3v) is 2.36. The van der Waals surface area contributed by atoms with Gasteiger partial charge >= 0.3 is 0 Å². The highest BCUT2D eigenvalue weighted by Gasteiger charge is 2.16. The molecule has 0 amide bonds. The van der Waals surface area contributed by atoms with Crippen molar-refractivity contribution < 1.29 is 9.15 Å². The number of hydrogen-bond donors (Lipinski definition) is 0. The third-order valence-electron chi connectivity index (χ3n) is 2.36. The molecule has 0 radical (unpaired) electrons. The fourth-order valence-electron chi connectivity index (χ4n) is 1.58. The highest BCUT2D eigenvalue weighted by atomic mass is 16.5. The summed E-state index contributed by atoms with van der Waals surface area (Å²) in [5.41, 5.74) is 0. The van der Waals surface area contributed by atoms with E-state index >= 15 is 0 Å². The fourth-order valence-corrected chi connectivity index (χ4v) is 1.58. The van der Waals surface area contributed by atoms with E-state index in [1.54, 1.807) is 0 Å². The van der Waals surface area contributed by atoms with E-state index in [4.69, 9.17) is 9.15 Å². The molecular weight excluding hydrogens is 168 g/mol.